The standard InChI is InChI=1S/C49H38N2/c1-49(2)42-26-13-12-22-38(42)41-25-14-24-40(47(41)49)37-21-10-11-23-39(37)44-30-43(32-16-4-3-5-17-32)50-48(51-44)46-36-20-9-7-18-33(36)29-34-28-27-31-15-6-8-19-35(31)45(34)46/h3-30,43,48,50-51H,1-2H3. The SMILES string of the molecule is CC1(C)c2ccccc2-c2cccc(-c3ccccc3C3=CC(c4ccccc4)NC(c4c5ccccc5cc5ccc6ccccc6c45)N3)c21. The van der Waals surface area contributed by atoms with E-state index in [9.17, 15) is 0 Å². The Balaban J connectivity index is 1.20. The molecule has 1 aliphatic heterocycles. The zero-order chi connectivity index (χ0) is 34.1. The highest BCUT2D eigenvalue weighted by Gasteiger charge is 2.38. The molecule has 2 N–H and O–H groups in total. The van der Waals surface area contributed by atoms with Crippen LogP contribution in [0.2, 0.25) is 0 Å². The second-order valence-electron chi connectivity index (χ2n) is 14.6. The van der Waals surface area contributed by atoms with E-state index in [2.05, 4.69) is 194 Å². The van der Waals surface area contributed by atoms with E-state index in [1.165, 1.54) is 82.4 Å². The van der Waals surface area contributed by atoms with E-state index < -0.39 is 0 Å². The van der Waals surface area contributed by atoms with Gasteiger partial charge in [0, 0.05) is 22.2 Å². The summed E-state index contributed by atoms with van der Waals surface area (Å²) >= 11 is 0. The third kappa shape index (κ3) is 4.67. The van der Waals surface area contributed by atoms with Crippen LogP contribution in [0.1, 0.15) is 53.9 Å². The smallest absolute Gasteiger partial charge is 0.105 e. The lowest BCUT2D eigenvalue weighted by molar-refractivity contribution is 0.447. The van der Waals surface area contributed by atoms with Gasteiger partial charge in [-0.1, -0.05) is 172 Å². The molecule has 1 heterocycles. The van der Waals surface area contributed by atoms with Crippen LogP contribution < -0.4 is 10.6 Å². The minimum absolute atomic E-state index is 0.00770. The number of rotatable bonds is 4. The zero-order valence-electron chi connectivity index (χ0n) is 28.8. The van der Waals surface area contributed by atoms with Crippen molar-refractivity contribution in [3.8, 4) is 22.3 Å². The first-order valence-electron chi connectivity index (χ1n) is 18.0. The van der Waals surface area contributed by atoms with E-state index in [0.717, 1.165) is 5.70 Å². The first kappa shape index (κ1) is 29.9. The van der Waals surface area contributed by atoms with Crippen molar-refractivity contribution in [3.63, 3.8) is 0 Å². The average molecular weight is 655 g/mol. The van der Waals surface area contributed by atoms with Crippen molar-refractivity contribution in [2.24, 2.45) is 0 Å². The van der Waals surface area contributed by atoms with Crippen molar-refractivity contribution in [2.75, 3.05) is 0 Å². The fourth-order valence-corrected chi connectivity index (χ4v) is 9.02. The molecule has 0 saturated carbocycles. The van der Waals surface area contributed by atoms with Crippen LogP contribution in [0.5, 0.6) is 0 Å². The lowest BCUT2D eigenvalue weighted by atomic mass is 9.78. The third-order valence-corrected chi connectivity index (χ3v) is 11.3. The van der Waals surface area contributed by atoms with Crippen molar-refractivity contribution < 1.29 is 0 Å². The molecule has 1 aliphatic carbocycles. The quantitative estimate of drug-likeness (QED) is 0.146. The van der Waals surface area contributed by atoms with Gasteiger partial charge in [0.1, 0.15) is 6.17 Å². The van der Waals surface area contributed by atoms with E-state index >= 15 is 0 Å². The summed E-state index contributed by atoms with van der Waals surface area (Å²) in [5, 5.41) is 15.7. The predicted octanol–water partition coefficient (Wildman–Crippen LogP) is 12.1. The van der Waals surface area contributed by atoms with E-state index in [1.807, 2.05) is 0 Å². The average Bonchev–Trinajstić information content (AvgIpc) is 3.43. The Bertz CT molecular complexity index is 2680. The molecule has 0 aromatic heterocycles. The van der Waals surface area contributed by atoms with Gasteiger partial charge in [-0.15, -0.1) is 0 Å². The summed E-state index contributed by atoms with van der Waals surface area (Å²) in [6.45, 7) is 4.76. The van der Waals surface area contributed by atoms with Gasteiger partial charge >= 0.3 is 0 Å². The number of nitrogens with one attached hydrogen (secondary N) is 2. The summed E-state index contributed by atoms with van der Waals surface area (Å²) in [5.74, 6) is 0. The van der Waals surface area contributed by atoms with Crippen LogP contribution in [-0.2, 0) is 5.41 Å². The van der Waals surface area contributed by atoms with Crippen molar-refractivity contribution in [3.05, 3.63) is 198 Å². The first-order chi connectivity index (χ1) is 25.1. The summed E-state index contributed by atoms with van der Waals surface area (Å²) < 4.78 is 0. The molecule has 2 atom stereocenters. The lowest BCUT2D eigenvalue weighted by Gasteiger charge is -2.35. The Morgan fingerprint density at radius 1 is 0.490 bits per heavy atom. The van der Waals surface area contributed by atoms with Gasteiger partial charge in [0.15, 0.2) is 0 Å². The Morgan fingerprint density at radius 3 is 1.92 bits per heavy atom. The highest BCUT2D eigenvalue weighted by molar-refractivity contribution is 6.15. The maximum absolute atomic E-state index is 4.10. The minimum atomic E-state index is -0.162. The van der Waals surface area contributed by atoms with Gasteiger partial charge in [0.05, 0.1) is 6.04 Å². The highest BCUT2D eigenvalue weighted by Crippen LogP contribution is 2.53. The highest BCUT2D eigenvalue weighted by atomic mass is 15.2. The van der Waals surface area contributed by atoms with Gasteiger partial charge in [-0.3, -0.25) is 5.32 Å². The van der Waals surface area contributed by atoms with E-state index in [1.54, 1.807) is 0 Å². The largest absolute Gasteiger partial charge is 0.366 e. The maximum Gasteiger partial charge on any atom is 0.105 e. The van der Waals surface area contributed by atoms with Crippen LogP contribution in [0.4, 0.5) is 0 Å². The molecular weight excluding hydrogens is 617 g/mol. The molecule has 0 bridgehead atoms. The molecule has 2 aliphatic rings. The van der Waals surface area contributed by atoms with Crippen LogP contribution in [-0.4, -0.2) is 0 Å². The van der Waals surface area contributed by atoms with Gasteiger partial charge in [0.25, 0.3) is 0 Å². The van der Waals surface area contributed by atoms with E-state index in [0.29, 0.717) is 0 Å². The lowest BCUT2D eigenvalue weighted by Crippen LogP contribution is -2.40. The molecule has 2 heteroatoms. The summed E-state index contributed by atoms with van der Waals surface area (Å²) in [7, 11) is 0. The predicted molar refractivity (Wildman–Crippen MR) is 215 cm³/mol. The summed E-state index contributed by atoms with van der Waals surface area (Å²) in [6.07, 6.45) is 2.23. The van der Waals surface area contributed by atoms with Crippen LogP contribution in [0.15, 0.2) is 170 Å². The van der Waals surface area contributed by atoms with Crippen molar-refractivity contribution in [2.45, 2.75) is 31.5 Å². The fourth-order valence-electron chi connectivity index (χ4n) is 9.02. The molecule has 10 rings (SSSR count). The molecule has 244 valence electrons. The van der Waals surface area contributed by atoms with Crippen LogP contribution in [0.3, 0.4) is 0 Å². The molecular formula is C49H38N2. The molecule has 2 unspecified atom stereocenters. The van der Waals surface area contributed by atoms with Gasteiger partial charge in [-0.2, -0.15) is 0 Å². The van der Waals surface area contributed by atoms with Crippen molar-refractivity contribution >= 4 is 38.0 Å². The number of fused-ring (bicyclic) bond motifs is 7. The minimum Gasteiger partial charge on any atom is -0.366 e. The summed E-state index contributed by atoms with van der Waals surface area (Å²) in [4.78, 5) is 0. The zero-order valence-corrected chi connectivity index (χ0v) is 28.8. The summed E-state index contributed by atoms with van der Waals surface area (Å²) in [6, 6.07) is 60.1. The molecule has 2 nitrogen and oxygen atoms in total. The molecule has 8 aromatic rings. The van der Waals surface area contributed by atoms with Gasteiger partial charge in [-0.05, 0) is 83.4 Å². The molecule has 0 fully saturated rings. The number of hydrogen-bond donors (Lipinski definition) is 2. The second kappa shape index (κ2) is 11.6. The van der Waals surface area contributed by atoms with Crippen LogP contribution in [0.25, 0.3) is 60.3 Å². The molecule has 0 amide bonds. The normalized spacial score (nSPS) is 17.6. The van der Waals surface area contributed by atoms with Gasteiger partial charge in [0.2, 0.25) is 0 Å². The topological polar surface area (TPSA) is 24.1 Å². The second-order valence-corrected chi connectivity index (χ2v) is 14.6. The Labute approximate surface area is 299 Å². The van der Waals surface area contributed by atoms with E-state index in [4.69, 9.17) is 0 Å². The summed E-state index contributed by atoms with van der Waals surface area (Å²) in [5.41, 5.74) is 12.7. The molecule has 51 heavy (non-hydrogen) atoms. The van der Waals surface area contributed by atoms with Gasteiger partial charge < -0.3 is 5.32 Å². The third-order valence-electron chi connectivity index (χ3n) is 11.3. The van der Waals surface area contributed by atoms with Crippen molar-refractivity contribution in [1.29, 1.82) is 0 Å². The van der Waals surface area contributed by atoms with Crippen LogP contribution in [0, 0.1) is 0 Å². The monoisotopic (exact) mass is 654 g/mol. The first-order valence-corrected chi connectivity index (χ1v) is 18.0. The number of benzene rings is 8. The van der Waals surface area contributed by atoms with E-state index in [-0.39, 0.29) is 17.6 Å². The van der Waals surface area contributed by atoms with Crippen LogP contribution >= 0.6 is 0 Å². The molecule has 0 saturated heterocycles. The maximum atomic E-state index is 4.10. The number of hydrogen-bond acceptors (Lipinski definition) is 2. The fraction of sp³-hybridized carbons (Fsp3) is 0.102. The molecule has 8 aromatic carbocycles. The Hall–Kier alpha value is -5.96. The van der Waals surface area contributed by atoms with Crippen molar-refractivity contribution in [1.82, 2.24) is 10.6 Å². The Kier molecular flexibility index (Phi) is 6.78. The van der Waals surface area contributed by atoms with Gasteiger partial charge in [-0.25, -0.2) is 0 Å². The Morgan fingerprint density at radius 2 is 1.10 bits per heavy atom. The molecule has 0 spiro atoms. The molecule has 0 radical (unpaired) electrons.